The van der Waals surface area contributed by atoms with E-state index in [0.29, 0.717) is 0 Å². The molecule has 148 valence electrons. The molecule has 1 aliphatic rings. The van der Waals surface area contributed by atoms with Gasteiger partial charge >= 0.3 is 0 Å². The molecule has 0 saturated carbocycles. The summed E-state index contributed by atoms with van der Waals surface area (Å²) in [5.41, 5.74) is 8.86. The Bertz CT molecular complexity index is 1100. The van der Waals surface area contributed by atoms with Crippen molar-refractivity contribution in [3.63, 3.8) is 0 Å². The maximum Gasteiger partial charge on any atom is 0.0638 e. The first-order valence-electron chi connectivity index (χ1n) is 10.1. The topological polar surface area (TPSA) is 36.8 Å². The third-order valence-electron chi connectivity index (χ3n) is 5.00. The van der Waals surface area contributed by atoms with Gasteiger partial charge in [-0.3, -0.25) is 4.99 Å². The van der Waals surface area contributed by atoms with Gasteiger partial charge in [0.05, 0.1) is 17.1 Å². The van der Waals surface area contributed by atoms with Gasteiger partial charge in [-0.05, 0) is 85.2 Å². The predicted molar refractivity (Wildman–Crippen MR) is 129 cm³/mol. The van der Waals surface area contributed by atoms with Crippen LogP contribution in [0.4, 0.5) is 17.1 Å². The van der Waals surface area contributed by atoms with Crippen molar-refractivity contribution >= 4 is 28.5 Å². The van der Waals surface area contributed by atoms with Crippen LogP contribution in [0.15, 0.2) is 107 Å². The van der Waals surface area contributed by atoms with Crippen LogP contribution in [0.3, 0.4) is 0 Å². The minimum Gasteiger partial charge on any atom is -0.356 e. The molecule has 30 heavy (non-hydrogen) atoms. The summed E-state index contributed by atoms with van der Waals surface area (Å²) in [6, 6.07) is 25.5. The predicted octanol–water partition coefficient (Wildman–Crippen LogP) is 6.60. The minimum absolute atomic E-state index is 0.923. The second kappa shape index (κ2) is 9.19. The van der Waals surface area contributed by atoms with Gasteiger partial charge in [0, 0.05) is 18.4 Å². The third kappa shape index (κ3) is 5.21. The standard InChI is InChI=1S/C27H25N3/c1-20-3-5-21(6-4-20)19-22-7-9-24(10-8-22)29-26-15-17-27(18-16-26)30-25-13-11-23(28-2)12-14-25/h3-18,29H,19H2,1-2H3. The van der Waals surface area contributed by atoms with Crippen LogP contribution >= 0.6 is 0 Å². The Morgan fingerprint density at radius 3 is 1.70 bits per heavy atom. The lowest BCUT2D eigenvalue weighted by atomic mass is 10.0. The molecule has 0 fully saturated rings. The number of rotatable bonds is 5. The second-order valence-corrected chi connectivity index (χ2v) is 7.38. The van der Waals surface area contributed by atoms with Crippen molar-refractivity contribution in [3.05, 3.63) is 114 Å². The van der Waals surface area contributed by atoms with Crippen LogP contribution in [0.5, 0.6) is 0 Å². The second-order valence-electron chi connectivity index (χ2n) is 7.38. The minimum atomic E-state index is 0.923. The number of aliphatic imine (C=N–C) groups is 2. The largest absolute Gasteiger partial charge is 0.356 e. The van der Waals surface area contributed by atoms with Gasteiger partial charge < -0.3 is 5.32 Å². The fourth-order valence-electron chi connectivity index (χ4n) is 3.26. The molecule has 4 rings (SSSR count). The molecule has 0 radical (unpaired) electrons. The van der Waals surface area contributed by atoms with E-state index in [-0.39, 0.29) is 0 Å². The first-order chi connectivity index (χ1) is 14.7. The lowest BCUT2D eigenvalue weighted by Crippen LogP contribution is -1.99. The van der Waals surface area contributed by atoms with E-state index in [1.807, 2.05) is 36.4 Å². The summed E-state index contributed by atoms with van der Waals surface area (Å²) >= 11 is 0. The molecule has 0 spiro atoms. The molecule has 0 aliphatic heterocycles. The van der Waals surface area contributed by atoms with Crippen LogP contribution in [0.25, 0.3) is 0 Å². The number of hydrogen-bond donors (Lipinski definition) is 1. The maximum atomic E-state index is 4.65. The highest BCUT2D eigenvalue weighted by atomic mass is 14.9. The maximum absolute atomic E-state index is 4.65. The summed E-state index contributed by atoms with van der Waals surface area (Å²) in [6.45, 7) is 2.12. The Hall–Kier alpha value is -3.72. The Morgan fingerprint density at radius 2 is 1.13 bits per heavy atom. The van der Waals surface area contributed by atoms with Crippen molar-refractivity contribution < 1.29 is 0 Å². The number of aryl methyl sites for hydroxylation is 1. The van der Waals surface area contributed by atoms with Crippen LogP contribution in [-0.4, -0.2) is 18.5 Å². The molecule has 3 nitrogen and oxygen atoms in total. The molecule has 0 aromatic heterocycles. The van der Waals surface area contributed by atoms with Gasteiger partial charge in [-0.25, -0.2) is 4.99 Å². The zero-order valence-electron chi connectivity index (χ0n) is 17.3. The molecular weight excluding hydrogens is 366 g/mol. The van der Waals surface area contributed by atoms with Crippen molar-refractivity contribution in [3.8, 4) is 0 Å². The molecule has 0 atom stereocenters. The smallest absolute Gasteiger partial charge is 0.0638 e. The number of nitrogens with zero attached hydrogens (tertiary/aromatic N) is 2. The normalized spacial score (nSPS) is 12.7. The van der Waals surface area contributed by atoms with Crippen LogP contribution in [0, 0.1) is 6.92 Å². The highest BCUT2D eigenvalue weighted by Gasteiger charge is 2.01. The molecule has 0 bridgehead atoms. The van der Waals surface area contributed by atoms with E-state index in [1.54, 1.807) is 7.05 Å². The number of hydrogen-bond acceptors (Lipinski definition) is 3. The molecule has 0 saturated heterocycles. The lowest BCUT2D eigenvalue weighted by molar-refractivity contribution is 1.19. The fourth-order valence-corrected chi connectivity index (χ4v) is 3.26. The van der Waals surface area contributed by atoms with Gasteiger partial charge in [0.15, 0.2) is 0 Å². The summed E-state index contributed by atoms with van der Waals surface area (Å²) in [4.78, 5) is 8.80. The van der Waals surface area contributed by atoms with Gasteiger partial charge in [0.1, 0.15) is 0 Å². The Kier molecular flexibility index (Phi) is 6.00. The number of nitrogens with one attached hydrogen (secondary N) is 1. The highest BCUT2D eigenvalue weighted by molar-refractivity contribution is 6.18. The first kappa shape index (κ1) is 19.6. The van der Waals surface area contributed by atoms with E-state index in [1.165, 1.54) is 16.7 Å². The van der Waals surface area contributed by atoms with Gasteiger partial charge in [0.25, 0.3) is 0 Å². The van der Waals surface area contributed by atoms with E-state index in [0.717, 1.165) is 34.9 Å². The summed E-state index contributed by atoms with van der Waals surface area (Å²) < 4.78 is 0. The van der Waals surface area contributed by atoms with E-state index in [9.17, 15) is 0 Å². The van der Waals surface area contributed by atoms with Crippen LogP contribution in [-0.2, 0) is 6.42 Å². The SMILES string of the molecule is CN=C1C=CC(=Nc2ccc(Nc3ccc(Cc4ccc(C)cc4)cc3)cc2)C=C1. The molecule has 1 aliphatic carbocycles. The van der Waals surface area contributed by atoms with E-state index in [4.69, 9.17) is 0 Å². The number of allylic oxidation sites excluding steroid dienone is 4. The van der Waals surface area contributed by atoms with Crippen molar-refractivity contribution in [2.24, 2.45) is 9.98 Å². The average Bonchev–Trinajstić information content (AvgIpc) is 2.78. The molecule has 0 amide bonds. The Balaban J connectivity index is 1.37. The quantitative estimate of drug-likeness (QED) is 0.489. The zero-order chi connectivity index (χ0) is 20.8. The monoisotopic (exact) mass is 391 g/mol. The van der Waals surface area contributed by atoms with Crippen molar-refractivity contribution in [1.29, 1.82) is 0 Å². The van der Waals surface area contributed by atoms with Crippen LogP contribution < -0.4 is 5.32 Å². The molecule has 1 N–H and O–H groups in total. The van der Waals surface area contributed by atoms with Crippen LogP contribution in [0.1, 0.15) is 16.7 Å². The van der Waals surface area contributed by atoms with Crippen molar-refractivity contribution in [2.75, 3.05) is 12.4 Å². The third-order valence-corrected chi connectivity index (χ3v) is 5.00. The Labute approximate surface area is 178 Å². The van der Waals surface area contributed by atoms with E-state index < -0.39 is 0 Å². The average molecular weight is 392 g/mol. The zero-order valence-corrected chi connectivity index (χ0v) is 17.3. The molecule has 0 unspecified atom stereocenters. The molecule has 0 heterocycles. The first-order valence-corrected chi connectivity index (χ1v) is 10.1. The lowest BCUT2D eigenvalue weighted by Gasteiger charge is -2.09. The molecule has 3 heteroatoms. The summed E-state index contributed by atoms with van der Waals surface area (Å²) in [5, 5.41) is 3.45. The number of benzene rings is 3. The fraction of sp³-hybridized carbons (Fsp3) is 0.111. The summed E-state index contributed by atoms with van der Waals surface area (Å²) in [6.07, 6.45) is 8.85. The van der Waals surface area contributed by atoms with Crippen molar-refractivity contribution in [1.82, 2.24) is 0 Å². The number of anilines is 2. The van der Waals surface area contributed by atoms with Gasteiger partial charge in [-0.2, -0.15) is 0 Å². The van der Waals surface area contributed by atoms with Crippen molar-refractivity contribution in [2.45, 2.75) is 13.3 Å². The van der Waals surface area contributed by atoms with E-state index in [2.05, 4.69) is 82.9 Å². The Morgan fingerprint density at radius 1 is 0.633 bits per heavy atom. The molecule has 3 aromatic carbocycles. The molecule has 3 aromatic rings. The van der Waals surface area contributed by atoms with E-state index >= 15 is 0 Å². The van der Waals surface area contributed by atoms with Crippen LogP contribution in [0.2, 0.25) is 0 Å². The summed E-state index contributed by atoms with van der Waals surface area (Å²) in [7, 11) is 1.79. The van der Waals surface area contributed by atoms with Gasteiger partial charge in [-0.15, -0.1) is 0 Å². The van der Waals surface area contributed by atoms with Gasteiger partial charge in [0.2, 0.25) is 0 Å². The highest BCUT2D eigenvalue weighted by Crippen LogP contribution is 2.22. The van der Waals surface area contributed by atoms with Gasteiger partial charge in [-0.1, -0.05) is 42.0 Å². The molecular formula is C27H25N3. The summed E-state index contributed by atoms with van der Waals surface area (Å²) in [5.74, 6) is 0.